The van der Waals surface area contributed by atoms with E-state index < -0.39 is 0 Å². The maximum absolute atomic E-state index is 11.3. The van der Waals surface area contributed by atoms with Gasteiger partial charge in [-0.3, -0.25) is 4.79 Å². The highest BCUT2D eigenvalue weighted by molar-refractivity contribution is 5.83. The highest BCUT2D eigenvalue weighted by Gasteiger charge is 2.09. The molecule has 0 bridgehead atoms. The van der Waals surface area contributed by atoms with Crippen molar-refractivity contribution in [3.63, 3.8) is 0 Å². The van der Waals surface area contributed by atoms with Gasteiger partial charge >= 0.3 is 0 Å². The number of carbonyl (C=O) groups is 2. The molecule has 0 spiro atoms. The van der Waals surface area contributed by atoms with Gasteiger partial charge in [0.2, 0.25) is 5.91 Å². The number of nitrogens with one attached hydrogen (secondary N) is 1. The summed E-state index contributed by atoms with van der Waals surface area (Å²) in [5, 5.41) is 2.79. The van der Waals surface area contributed by atoms with E-state index in [-0.39, 0.29) is 24.2 Å². The lowest BCUT2D eigenvalue weighted by Gasteiger charge is -2.13. The SMILES string of the molecule is C#CCC(CC)NC(=O)CCC(C)=O. The number of terminal acetylenes is 1. The Labute approximate surface area is 85.3 Å². The summed E-state index contributed by atoms with van der Waals surface area (Å²) in [6.07, 6.45) is 7.07. The fourth-order valence-electron chi connectivity index (χ4n) is 1.03. The van der Waals surface area contributed by atoms with Crippen molar-refractivity contribution in [3.05, 3.63) is 0 Å². The number of Topliss-reactive ketones (excluding diaryl/α,β-unsaturated/α-hetero) is 1. The van der Waals surface area contributed by atoms with Crippen LogP contribution in [-0.2, 0) is 9.59 Å². The molecule has 0 aliphatic heterocycles. The molecule has 0 aliphatic rings. The monoisotopic (exact) mass is 195 g/mol. The third-order valence-corrected chi connectivity index (χ3v) is 1.93. The van der Waals surface area contributed by atoms with Gasteiger partial charge in [0.1, 0.15) is 5.78 Å². The first-order chi connectivity index (χ1) is 6.60. The summed E-state index contributed by atoms with van der Waals surface area (Å²) in [5.41, 5.74) is 0. The zero-order valence-electron chi connectivity index (χ0n) is 8.80. The molecule has 0 rings (SSSR count). The topological polar surface area (TPSA) is 46.2 Å². The van der Waals surface area contributed by atoms with Crippen LogP contribution in [0, 0.1) is 12.3 Å². The van der Waals surface area contributed by atoms with Crippen LogP contribution in [0.3, 0.4) is 0 Å². The van der Waals surface area contributed by atoms with Crippen LogP contribution in [0.2, 0.25) is 0 Å². The predicted molar refractivity (Wildman–Crippen MR) is 55.6 cm³/mol. The number of amides is 1. The first-order valence-corrected chi connectivity index (χ1v) is 4.82. The van der Waals surface area contributed by atoms with Crippen LogP contribution in [0.5, 0.6) is 0 Å². The van der Waals surface area contributed by atoms with Crippen molar-refractivity contribution in [2.24, 2.45) is 0 Å². The van der Waals surface area contributed by atoms with E-state index in [1.54, 1.807) is 0 Å². The van der Waals surface area contributed by atoms with Gasteiger partial charge in [-0.25, -0.2) is 0 Å². The van der Waals surface area contributed by atoms with E-state index in [0.717, 1.165) is 6.42 Å². The fraction of sp³-hybridized carbons (Fsp3) is 0.636. The van der Waals surface area contributed by atoms with Crippen LogP contribution < -0.4 is 5.32 Å². The maximum Gasteiger partial charge on any atom is 0.220 e. The zero-order valence-corrected chi connectivity index (χ0v) is 8.80. The molecule has 0 aliphatic carbocycles. The van der Waals surface area contributed by atoms with Gasteiger partial charge in [0.25, 0.3) is 0 Å². The molecule has 78 valence electrons. The number of hydrogen-bond acceptors (Lipinski definition) is 2. The van der Waals surface area contributed by atoms with Crippen molar-refractivity contribution in [1.82, 2.24) is 5.32 Å². The first-order valence-electron chi connectivity index (χ1n) is 4.82. The summed E-state index contributed by atoms with van der Waals surface area (Å²) in [6.45, 7) is 3.44. The Balaban J connectivity index is 3.80. The average Bonchev–Trinajstić information content (AvgIpc) is 2.14. The Morgan fingerprint density at radius 3 is 2.50 bits per heavy atom. The summed E-state index contributed by atoms with van der Waals surface area (Å²) in [4.78, 5) is 21.9. The molecule has 1 N–H and O–H groups in total. The molecule has 1 amide bonds. The average molecular weight is 195 g/mol. The second kappa shape index (κ2) is 7.14. The Morgan fingerprint density at radius 1 is 1.43 bits per heavy atom. The second-order valence-electron chi connectivity index (χ2n) is 3.28. The smallest absolute Gasteiger partial charge is 0.220 e. The van der Waals surface area contributed by atoms with Gasteiger partial charge in [0.05, 0.1) is 0 Å². The number of rotatable bonds is 6. The first kappa shape index (κ1) is 12.7. The molecule has 1 unspecified atom stereocenters. The molecule has 0 aromatic heterocycles. The van der Waals surface area contributed by atoms with E-state index in [0.29, 0.717) is 12.8 Å². The quantitative estimate of drug-likeness (QED) is 0.649. The highest BCUT2D eigenvalue weighted by atomic mass is 16.2. The lowest BCUT2D eigenvalue weighted by Crippen LogP contribution is -2.34. The van der Waals surface area contributed by atoms with Crippen LogP contribution in [0.15, 0.2) is 0 Å². The number of hydrogen-bond donors (Lipinski definition) is 1. The molecule has 0 saturated carbocycles. The minimum Gasteiger partial charge on any atom is -0.352 e. The standard InChI is InChI=1S/C11H17NO2/c1-4-6-10(5-2)12-11(14)8-7-9(3)13/h1,10H,5-8H2,2-3H3,(H,12,14). The van der Waals surface area contributed by atoms with Gasteiger partial charge in [-0.15, -0.1) is 12.3 Å². The molecule has 0 aromatic rings. The summed E-state index contributed by atoms with van der Waals surface area (Å²) in [6, 6.07) is 0.0412. The van der Waals surface area contributed by atoms with E-state index in [2.05, 4.69) is 11.2 Å². The predicted octanol–water partition coefficient (Wildman–Crippen LogP) is 1.27. The molecule has 14 heavy (non-hydrogen) atoms. The van der Waals surface area contributed by atoms with Crippen LogP contribution >= 0.6 is 0 Å². The van der Waals surface area contributed by atoms with Crippen molar-refractivity contribution in [2.45, 2.75) is 45.6 Å². The van der Waals surface area contributed by atoms with E-state index in [1.807, 2.05) is 6.92 Å². The van der Waals surface area contributed by atoms with Crippen LogP contribution in [0.1, 0.15) is 39.5 Å². The van der Waals surface area contributed by atoms with E-state index in [9.17, 15) is 9.59 Å². The highest BCUT2D eigenvalue weighted by Crippen LogP contribution is 1.98. The van der Waals surface area contributed by atoms with E-state index in [1.165, 1.54) is 6.92 Å². The Hall–Kier alpha value is -1.30. The van der Waals surface area contributed by atoms with Crippen molar-refractivity contribution >= 4 is 11.7 Å². The summed E-state index contributed by atoms with van der Waals surface area (Å²) in [5.74, 6) is 2.44. The molecule has 0 heterocycles. The van der Waals surface area contributed by atoms with Crippen LogP contribution in [0.25, 0.3) is 0 Å². The molecule has 0 fully saturated rings. The molecular formula is C11H17NO2. The molecule has 3 nitrogen and oxygen atoms in total. The fourth-order valence-corrected chi connectivity index (χ4v) is 1.03. The van der Waals surface area contributed by atoms with Crippen LogP contribution in [-0.4, -0.2) is 17.7 Å². The van der Waals surface area contributed by atoms with Gasteiger partial charge in [0.15, 0.2) is 0 Å². The van der Waals surface area contributed by atoms with Gasteiger partial charge in [-0.05, 0) is 13.3 Å². The minimum atomic E-state index is -0.0951. The summed E-state index contributed by atoms with van der Waals surface area (Å²) in [7, 11) is 0. The summed E-state index contributed by atoms with van der Waals surface area (Å²) >= 11 is 0. The molecule has 1 atom stereocenters. The lowest BCUT2D eigenvalue weighted by atomic mass is 10.1. The van der Waals surface area contributed by atoms with Crippen molar-refractivity contribution in [3.8, 4) is 12.3 Å². The second-order valence-corrected chi connectivity index (χ2v) is 3.28. The van der Waals surface area contributed by atoms with Gasteiger partial charge in [-0.2, -0.15) is 0 Å². The number of ketones is 1. The summed E-state index contributed by atoms with van der Waals surface area (Å²) < 4.78 is 0. The Bertz CT molecular complexity index is 240. The van der Waals surface area contributed by atoms with Gasteiger partial charge in [0, 0.05) is 25.3 Å². The van der Waals surface area contributed by atoms with Crippen molar-refractivity contribution in [2.75, 3.05) is 0 Å². The number of carbonyl (C=O) groups excluding carboxylic acids is 2. The van der Waals surface area contributed by atoms with Crippen molar-refractivity contribution in [1.29, 1.82) is 0 Å². The lowest BCUT2D eigenvalue weighted by molar-refractivity contribution is -0.125. The van der Waals surface area contributed by atoms with Gasteiger partial charge < -0.3 is 10.1 Å². The normalized spacial score (nSPS) is 11.5. The third-order valence-electron chi connectivity index (χ3n) is 1.93. The Kier molecular flexibility index (Phi) is 6.47. The van der Waals surface area contributed by atoms with E-state index >= 15 is 0 Å². The molecule has 0 aromatic carbocycles. The third kappa shape index (κ3) is 6.24. The molecule has 0 saturated heterocycles. The molecular weight excluding hydrogens is 178 g/mol. The maximum atomic E-state index is 11.3. The largest absolute Gasteiger partial charge is 0.352 e. The minimum absolute atomic E-state index is 0.0325. The molecule has 0 radical (unpaired) electrons. The Morgan fingerprint density at radius 2 is 2.07 bits per heavy atom. The van der Waals surface area contributed by atoms with Crippen molar-refractivity contribution < 1.29 is 9.59 Å². The van der Waals surface area contributed by atoms with E-state index in [4.69, 9.17) is 6.42 Å². The van der Waals surface area contributed by atoms with Gasteiger partial charge in [-0.1, -0.05) is 6.92 Å². The zero-order chi connectivity index (χ0) is 11.0. The molecule has 3 heteroatoms. The van der Waals surface area contributed by atoms with Crippen LogP contribution in [0.4, 0.5) is 0 Å².